The van der Waals surface area contributed by atoms with Crippen LogP contribution in [0.15, 0.2) is 30.9 Å². The summed E-state index contributed by atoms with van der Waals surface area (Å²) in [4.78, 5) is 2.39. The highest BCUT2D eigenvalue weighted by Gasteiger charge is 2.19. The highest BCUT2D eigenvalue weighted by Crippen LogP contribution is 2.29. The molecule has 1 aromatic carbocycles. The molecule has 1 aromatic rings. The van der Waals surface area contributed by atoms with Crippen molar-refractivity contribution in [2.24, 2.45) is 0 Å². The molecule has 1 N–H and O–H groups in total. The van der Waals surface area contributed by atoms with Crippen molar-refractivity contribution >= 4 is 23.2 Å². The van der Waals surface area contributed by atoms with Crippen LogP contribution in [0.3, 0.4) is 0 Å². The second kappa shape index (κ2) is 5.87. The molecule has 2 nitrogen and oxygen atoms in total. The molecule has 0 unspecified atom stereocenters. The molecule has 4 heteroatoms. The smallest absolute Gasteiger partial charge is 0.0595 e. The third-order valence-electron chi connectivity index (χ3n) is 3.05. The van der Waals surface area contributed by atoms with Crippen molar-refractivity contribution in [2.75, 3.05) is 26.2 Å². The Hall–Kier alpha value is -0.540. The average Bonchev–Trinajstić information content (AvgIpc) is 2.36. The minimum Gasteiger partial charge on any atom is -0.314 e. The first-order chi connectivity index (χ1) is 8.22. The fraction of sp³-hybridized carbons (Fsp3) is 0.385. The van der Waals surface area contributed by atoms with Crippen LogP contribution in [0.1, 0.15) is 11.6 Å². The van der Waals surface area contributed by atoms with Crippen molar-refractivity contribution in [1.29, 1.82) is 0 Å². The van der Waals surface area contributed by atoms with E-state index >= 15 is 0 Å². The van der Waals surface area contributed by atoms with Crippen molar-refractivity contribution in [1.82, 2.24) is 10.2 Å². The van der Waals surface area contributed by atoms with Crippen molar-refractivity contribution in [3.8, 4) is 0 Å². The Balaban J connectivity index is 2.21. The Labute approximate surface area is 112 Å². The largest absolute Gasteiger partial charge is 0.314 e. The van der Waals surface area contributed by atoms with E-state index in [1.165, 1.54) is 0 Å². The molecule has 0 saturated carbocycles. The molecular formula is C13H16Cl2N2. The van der Waals surface area contributed by atoms with Crippen LogP contribution in [0.25, 0.3) is 0 Å². The van der Waals surface area contributed by atoms with Crippen LogP contribution in [0.2, 0.25) is 10.0 Å². The zero-order valence-electron chi connectivity index (χ0n) is 9.63. The minimum absolute atomic E-state index is 0.215. The molecule has 1 atom stereocenters. The maximum absolute atomic E-state index is 6.06. The van der Waals surface area contributed by atoms with Crippen LogP contribution in [-0.4, -0.2) is 31.1 Å². The van der Waals surface area contributed by atoms with Gasteiger partial charge in [0, 0.05) is 26.2 Å². The van der Waals surface area contributed by atoms with Crippen LogP contribution in [-0.2, 0) is 0 Å². The van der Waals surface area contributed by atoms with Gasteiger partial charge in [-0.2, -0.15) is 0 Å². The van der Waals surface area contributed by atoms with E-state index in [9.17, 15) is 0 Å². The molecular weight excluding hydrogens is 255 g/mol. The summed E-state index contributed by atoms with van der Waals surface area (Å²) in [6, 6.07) is 6.01. The van der Waals surface area contributed by atoms with Gasteiger partial charge in [0.05, 0.1) is 16.1 Å². The van der Waals surface area contributed by atoms with Gasteiger partial charge in [0.1, 0.15) is 0 Å². The van der Waals surface area contributed by atoms with Crippen molar-refractivity contribution < 1.29 is 0 Å². The van der Waals surface area contributed by atoms with Crippen molar-refractivity contribution in [2.45, 2.75) is 6.04 Å². The predicted molar refractivity (Wildman–Crippen MR) is 73.8 cm³/mol. The number of halogens is 2. The summed E-state index contributed by atoms with van der Waals surface area (Å²) in [5.74, 6) is 0. The molecule has 0 spiro atoms. The predicted octanol–water partition coefficient (Wildman–Crippen LogP) is 3.13. The van der Waals surface area contributed by atoms with E-state index in [0.29, 0.717) is 10.0 Å². The number of piperazine rings is 1. The van der Waals surface area contributed by atoms with E-state index < -0.39 is 0 Å². The molecule has 2 rings (SSSR count). The van der Waals surface area contributed by atoms with Crippen molar-refractivity contribution in [3.05, 3.63) is 46.5 Å². The molecule has 0 bridgehead atoms. The second-order valence-corrected chi connectivity index (χ2v) is 4.95. The first-order valence-corrected chi connectivity index (χ1v) is 6.50. The van der Waals surface area contributed by atoms with Gasteiger partial charge >= 0.3 is 0 Å². The van der Waals surface area contributed by atoms with Gasteiger partial charge in [-0.15, -0.1) is 6.58 Å². The Kier molecular flexibility index (Phi) is 4.46. The summed E-state index contributed by atoms with van der Waals surface area (Å²) in [5, 5.41) is 4.54. The Morgan fingerprint density at radius 1 is 1.24 bits per heavy atom. The lowest BCUT2D eigenvalue weighted by Crippen LogP contribution is -2.44. The first kappa shape index (κ1) is 12.9. The number of benzene rings is 1. The van der Waals surface area contributed by atoms with Gasteiger partial charge in [0.2, 0.25) is 0 Å². The number of nitrogens with one attached hydrogen (secondary N) is 1. The van der Waals surface area contributed by atoms with Crippen LogP contribution in [0.4, 0.5) is 0 Å². The summed E-state index contributed by atoms with van der Waals surface area (Å²) in [7, 11) is 0. The number of nitrogens with zero attached hydrogens (tertiary/aromatic N) is 1. The number of hydrogen-bond donors (Lipinski definition) is 1. The van der Waals surface area contributed by atoms with E-state index in [4.69, 9.17) is 23.2 Å². The van der Waals surface area contributed by atoms with Crippen LogP contribution in [0.5, 0.6) is 0 Å². The van der Waals surface area contributed by atoms with Gasteiger partial charge < -0.3 is 5.32 Å². The molecule has 1 aliphatic rings. The Bertz CT molecular complexity index is 400. The number of rotatable bonds is 3. The maximum atomic E-state index is 6.06. The SMILES string of the molecule is C=C[C@@H](c1ccc(Cl)c(Cl)c1)N1CCNCC1. The fourth-order valence-corrected chi connectivity index (χ4v) is 2.46. The zero-order chi connectivity index (χ0) is 12.3. The lowest BCUT2D eigenvalue weighted by molar-refractivity contribution is 0.203. The molecule has 17 heavy (non-hydrogen) atoms. The summed E-state index contributed by atoms with van der Waals surface area (Å²) in [6.45, 7) is 8.02. The van der Waals surface area contributed by atoms with E-state index in [-0.39, 0.29) is 6.04 Å². The van der Waals surface area contributed by atoms with E-state index in [0.717, 1.165) is 31.7 Å². The zero-order valence-corrected chi connectivity index (χ0v) is 11.1. The molecule has 0 radical (unpaired) electrons. The molecule has 1 aliphatic heterocycles. The van der Waals surface area contributed by atoms with Crippen LogP contribution < -0.4 is 5.32 Å². The average molecular weight is 271 g/mol. The second-order valence-electron chi connectivity index (χ2n) is 4.14. The molecule has 1 heterocycles. The van der Waals surface area contributed by atoms with Gasteiger partial charge in [-0.1, -0.05) is 35.3 Å². The van der Waals surface area contributed by atoms with Crippen LogP contribution >= 0.6 is 23.2 Å². The monoisotopic (exact) mass is 270 g/mol. The van der Waals surface area contributed by atoms with Crippen LogP contribution in [0, 0.1) is 0 Å². The van der Waals surface area contributed by atoms with Gasteiger partial charge in [0.25, 0.3) is 0 Å². The Morgan fingerprint density at radius 3 is 2.53 bits per heavy atom. The highest BCUT2D eigenvalue weighted by molar-refractivity contribution is 6.42. The Morgan fingerprint density at radius 2 is 1.94 bits per heavy atom. The molecule has 0 aliphatic carbocycles. The third-order valence-corrected chi connectivity index (χ3v) is 3.79. The summed E-state index contributed by atoms with van der Waals surface area (Å²) in [6.07, 6.45) is 1.96. The fourth-order valence-electron chi connectivity index (χ4n) is 2.15. The third kappa shape index (κ3) is 3.02. The summed E-state index contributed by atoms with van der Waals surface area (Å²) >= 11 is 12.0. The molecule has 0 amide bonds. The first-order valence-electron chi connectivity index (χ1n) is 5.74. The number of hydrogen-bond acceptors (Lipinski definition) is 2. The summed E-state index contributed by atoms with van der Waals surface area (Å²) in [5.41, 5.74) is 1.15. The normalized spacial score (nSPS) is 18.9. The lowest BCUT2D eigenvalue weighted by atomic mass is 10.0. The van der Waals surface area contributed by atoms with Gasteiger partial charge in [-0.25, -0.2) is 0 Å². The standard InChI is InChI=1S/C13H16Cl2N2/c1-2-13(17-7-5-16-6-8-17)10-3-4-11(14)12(15)9-10/h2-4,9,13,16H,1,5-8H2/t13-/m0/s1. The quantitative estimate of drug-likeness (QED) is 0.850. The van der Waals surface area contributed by atoms with Gasteiger partial charge in [-0.3, -0.25) is 4.90 Å². The molecule has 0 aromatic heterocycles. The van der Waals surface area contributed by atoms with Gasteiger partial charge in [0.15, 0.2) is 0 Å². The summed E-state index contributed by atoms with van der Waals surface area (Å²) < 4.78 is 0. The lowest BCUT2D eigenvalue weighted by Gasteiger charge is -2.33. The van der Waals surface area contributed by atoms with Crippen molar-refractivity contribution in [3.63, 3.8) is 0 Å². The minimum atomic E-state index is 0.215. The van der Waals surface area contributed by atoms with E-state index in [2.05, 4.69) is 16.8 Å². The topological polar surface area (TPSA) is 15.3 Å². The molecule has 1 fully saturated rings. The molecule has 1 saturated heterocycles. The van der Waals surface area contributed by atoms with E-state index in [1.54, 1.807) is 0 Å². The molecule has 92 valence electrons. The van der Waals surface area contributed by atoms with Gasteiger partial charge in [-0.05, 0) is 17.7 Å². The highest BCUT2D eigenvalue weighted by atomic mass is 35.5. The van der Waals surface area contributed by atoms with E-state index in [1.807, 2.05) is 24.3 Å². The maximum Gasteiger partial charge on any atom is 0.0595 e.